The van der Waals surface area contributed by atoms with Gasteiger partial charge in [0.15, 0.2) is 11.5 Å². The third-order valence-corrected chi connectivity index (χ3v) is 3.54. The third kappa shape index (κ3) is 2.44. The quantitative estimate of drug-likeness (QED) is 0.874. The van der Waals surface area contributed by atoms with Crippen LogP contribution in [0.3, 0.4) is 0 Å². The van der Waals surface area contributed by atoms with E-state index in [1.165, 1.54) is 0 Å². The molecule has 2 N–H and O–H groups in total. The molecule has 0 saturated heterocycles. The lowest BCUT2D eigenvalue weighted by Crippen LogP contribution is -2.17. The number of ether oxygens (including phenoxy) is 4. The van der Waals surface area contributed by atoms with Crippen molar-refractivity contribution in [2.24, 2.45) is 10.9 Å². The third-order valence-electron chi connectivity index (χ3n) is 3.54. The number of hydrogen-bond donors (Lipinski definition) is 1. The molecule has 2 aliphatic rings. The lowest BCUT2D eigenvalue weighted by molar-refractivity contribution is 0.0853. The van der Waals surface area contributed by atoms with E-state index < -0.39 is 0 Å². The van der Waals surface area contributed by atoms with Gasteiger partial charge < -0.3 is 29.5 Å². The Bertz CT molecular complexity index is 573. The number of hydrogen-bond acceptors (Lipinski definition) is 7. The highest BCUT2D eigenvalue weighted by Gasteiger charge is 2.29. The molecule has 0 amide bonds. The van der Waals surface area contributed by atoms with Crippen molar-refractivity contribution >= 4 is 5.71 Å². The van der Waals surface area contributed by atoms with E-state index >= 15 is 0 Å². The van der Waals surface area contributed by atoms with Crippen LogP contribution in [-0.4, -0.2) is 39.4 Å². The van der Waals surface area contributed by atoms with Gasteiger partial charge in [0.1, 0.15) is 6.10 Å². The van der Waals surface area contributed by atoms with Crippen molar-refractivity contribution in [2.75, 3.05) is 27.6 Å². The Labute approximate surface area is 122 Å². The lowest BCUT2D eigenvalue weighted by Gasteiger charge is -2.15. The smallest absolute Gasteiger partial charge is 0.231 e. The Hall–Kier alpha value is -2.15. The van der Waals surface area contributed by atoms with Gasteiger partial charge in [-0.15, -0.1) is 0 Å². The topological polar surface area (TPSA) is 84.5 Å². The Morgan fingerprint density at radius 1 is 1.29 bits per heavy atom. The minimum atomic E-state index is -0.0532. The van der Waals surface area contributed by atoms with Gasteiger partial charge in [-0.25, -0.2) is 0 Å². The van der Waals surface area contributed by atoms with Gasteiger partial charge in [-0.3, -0.25) is 0 Å². The number of fused-ring (bicyclic) bond motifs is 1. The van der Waals surface area contributed by atoms with Gasteiger partial charge in [0.25, 0.3) is 0 Å². The number of rotatable bonds is 5. The summed E-state index contributed by atoms with van der Waals surface area (Å²) in [5.41, 5.74) is 7.37. The largest absolute Gasteiger partial charge is 0.493 e. The number of oxime groups is 1. The molecular formula is C14H18N2O5. The zero-order valence-corrected chi connectivity index (χ0v) is 12.0. The van der Waals surface area contributed by atoms with Crippen LogP contribution in [0, 0.1) is 0 Å². The zero-order valence-electron chi connectivity index (χ0n) is 12.0. The molecule has 1 aromatic rings. The highest BCUT2D eigenvalue weighted by Crippen LogP contribution is 2.49. The van der Waals surface area contributed by atoms with Crippen LogP contribution in [0.4, 0.5) is 0 Å². The Balaban J connectivity index is 1.88. The molecule has 7 nitrogen and oxygen atoms in total. The number of nitrogens with two attached hydrogens (primary N) is 1. The fourth-order valence-electron chi connectivity index (χ4n) is 2.55. The number of benzene rings is 1. The molecule has 0 saturated carbocycles. The summed E-state index contributed by atoms with van der Waals surface area (Å²) in [6.07, 6.45) is 1.29. The lowest BCUT2D eigenvalue weighted by atomic mass is 10.0. The van der Waals surface area contributed by atoms with Gasteiger partial charge in [0.2, 0.25) is 18.3 Å². The van der Waals surface area contributed by atoms with Crippen LogP contribution in [0.2, 0.25) is 0 Å². The number of nitrogens with zero attached hydrogens (tertiary/aromatic N) is 1. The molecular weight excluding hydrogens is 276 g/mol. The van der Waals surface area contributed by atoms with Crippen LogP contribution >= 0.6 is 0 Å². The molecule has 0 aliphatic carbocycles. The van der Waals surface area contributed by atoms with Gasteiger partial charge >= 0.3 is 0 Å². The average molecular weight is 294 g/mol. The van der Waals surface area contributed by atoms with Crippen LogP contribution in [0.1, 0.15) is 12.0 Å². The van der Waals surface area contributed by atoms with Crippen LogP contribution in [-0.2, 0) is 11.3 Å². The summed E-state index contributed by atoms with van der Waals surface area (Å²) in [7, 11) is 3.19. The average Bonchev–Trinajstić information content (AvgIpc) is 3.15. The van der Waals surface area contributed by atoms with E-state index in [4.69, 9.17) is 29.5 Å². The van der Waals surface area contributed by atoms with Crippen molar-refractivity contribution in [3.05, 3.63) is 11.6 Å². The highest BCUT2D eigenvalue weighted by molar-refractivity contribution is 5.87. The second-order valence-electron chi connectivity index (χ2n) is 4.83. The molecule has 114 valence electrons. The molecule has 0 radical (unpaired) electrons. The van der Waals surface area contributed by atoms with Crippen molar-refractivity contribution in [1.29, 1.82) is 0 Å². The molecule has 0 unspecified atom stereocenters. The summed E-state index contributed by atoms with van der Waals surface area (Å²) >= 11 is 0. The van der Waals surface area contributed by atoms with E-state index in [0.717, 1.165) is 17.7 Å². The second-order valence-corrected chi connectivity index (χ2v) is 4.83. The van der Waals surface area contributed by atoms with Gasteiger partial charge in [-0.05, 0) is 6.07 Å². The van der Waals surface area contributed by atoms with Gasteiger partial charge in [0, 0.05) is 24.9 Å². The molecule has 0 bridgehead atoms. The van der Waals surface area contributed by atoms with Crippen molar-refractivity contribution in [2.45, 2.75) is 18.9 Å². The fraction of sp³-hybridized carbons (Fsp3) is 0.500. The minimum absolute atomic E-state index is 0.0532. The SMILES string of the molecule is COc1cc(C[C@@H]2CC(CN)=NO2)c(OC)c2c1OCO2. The molecule has 1 aromatic carbocycles. The molecule has 2 heterocycles. The number of methoxy groups -OCH3 is 2. The summed E-state index contributed by atoms with van der Waals surface area (Å²) in [6, 6.07) is 1.89. The zero-order chi connectivity index (χ0) is 14.8. The maximum absolute atomic E-state index is 5.57. The summed E-state index contributed by atoms with van der Waals surface area (Å²) < 4.78 is 21.7. The first-order valence-corrected chi connectivity index (χ1v) is 6.71. The summed E-state index contributed by atoms with van der Waals surface area (Å²) in [5, 5.41) is 3.97. The normalized spacial score (nSPS) is 19.2. The molecule has 0 fully saturated rings. The van der Waals surface area contributed by atoms with Crippen molar-refractivity contribution < 1.29 is 23.8 Å². The van der Waals surface area contributed by atoms with Crippen molar-refractivity contribution in [3.8, 4) is 23.0 Å². The molecule has 21 heavy (non-hydrogen) atoms. The van der Waals surface area contributed by atoms with Crippen molar-refractivity contribution in [1.82, 2.24) is 0 Å². The van der Waals surface area contributed by atoms with Gasteiger partial charge in [0.05, 0.1) is 19.9 Å². The second kappa shape index (κ2) is 5.69. The van der Waals surface area contributed by atoms with Gasteiger partial charge in [-0.2, -0.15) is 0 Å². The fourth-order valence-corrected chi connectivity index (χ4v) is 2.55. The molecule has 2 aliphatic heterocycles. The standard InChI is InChI=1S/C14H18N2O5/c1-17-11-4-8(3-10-5-9(6-15)16-21-10)12(18-2)14-13(11)19-7-20-14/h4,10H,3,5-7,15H2,1-2H3/t10-/m1/s1. The Morgan fingerprint density at radius 3 is 2.76 bits per heavy atom. The van der Waals surface area contributed by atoms with Crippen LogP contribution in [0.5, 0.6) is 23.0 Å². The molecule has 7 heteroatoms. The molecule has 0 spiro atoms. The molecule has 1 atom stereocenters. The summed E-state index contributed by atoms with van der Waals surface area (Å²) in [6.45, 7) is 0.573. The first kappa shape index (κ1) is 13.8. The van der Waals surface area contributed by atoms with E-state index in [1.54, 1.807) is 14.2 Å². The monoisotopic (exact) mass is 294 g/mol. The molecule has 0 aromatic heterocycles. The van der Waals surface area contributed by atoms with E-state index in [1.807, 2.05) is 6.07 Å². The van der Waals surface area contributed by atoms with Crippen LogP contribution in [0.15, 0.2) is 11.2 Å². The predicted octanol–water partition coefficient (Wildman–Crippen LogP) is 1.08. The molecule has 3 rings (SSSR count). The summed E-state index contributed by atoms with van der Waals surface area (Å²) in [5.74, 6) is 2.42. The van der Waals surface area contributed by atoms with E-state index in [2.05, 4.69) is 5.16 Å². The van der Waals surface area contributed by atoms with E-state index in [-0.39, 0.29) is 12.9 Å². The van der Waals surface area contributed by atoms with E-state index in [9.17, 15) is 0 Å². The maximum atomic E-state index is 5.57. The Morgan fingerprint density at radius 2 is 2.10 bits per heavy atom. The van der Waals surface area contributed by atoms with Crippen molar-refractivity contribution in [3.63, 3.8) is 0 Å². The first-order chi connectivity index (χ1) is 10.3. The minimum Gasteiger partial charge on any atom is -0.493 e. The predicted molar refractivity (Wildman–Crippen MR) is 75.4 cm³/mol. The summed E-state index contributed by atoms with van der Waals surface area (Å²) in [4.78, 5) is 5.39. The Kier molecular flexibility index (Phi) is 3.74. The maximum Gasteiger partial charge on any atom is 0.231 e. The van der Waals surface area contributed by atoms with Crippen LogP contribution in [0.25, 0.3) is 0 Å². The van der Waals surface area contributed by atoms with E-state index in [0.29, 0.717) is 36.0 Å². The van der Waals surface area contributed by atoms with Gasteiger partial charge in [-0.1, -0.05) is 5.16 Å². The van der Waals surface area contributed by atoms with Crippen LogP contribution < -0.4 is 24.7 Å². The highest BCUT2D eigenvalue weighted by atomic mass is 16.7. The first-order valence-electron chi connectivity index (χ1n) is 6.71.